The number of hydrogen-bond acceptors (Lipinski definition) is 5. The average Bonchev–Trinajstić information content (AvgIpc) is 2.42. The quantitative estimate of drug-likeness (QED) is 0.435. The summed E-state index contributed by atoms with van der Waals surface area (Å²) in [4.78, 5) is 22.2. The van der Waals surface area contributed by atoms with Crippen LogP contribution in [0.2, 0.25) is 0 Å². The van der Waals surface area contributed by atoms with Crippen LogP contribution in [0.1, 0.15) is 17.3 Å². The van der Waals surface area contributed by atoms with Crippen molar-refractivity contribution in [1.29, 1.82) is 0 Å². The predicted molar refractivity (Wildman–Crippen MR) is 70.5 cm³/mol. The fraction of sp³-hybridized carbons (Fsp3) is 0.417. The van der Waals surface area contributed by atoms with Crippen LogP contribution in [0.4, 0.5) is 5.69 Å². The first kappa shape index (κ1) is 14.9. The molecule has 0 heterocycles. The van der Waals surface area contributed by atoms with Crippen LogP contribution >= 0.6 is 0 Å². The second-order valence-electron chi connectivity index (χ2n) is 3.72. The molecule has 0 saturated heterocycles. The largest absolute Gasteiger partial charge is 0.490 e. The van der Waals surface area contributed by atoms with Crippen molar-refractivity contribution >= 4 is 11.6 Å². The molecule has 0 bridgehead atoms. The molecule has 19 heavy (non-hydrogen) atoms. The van der Waals surface area contributed by atoms with Crippen molar-refractivity contribution in [2.45, 2.75) is 6.92 Å². The van der Waals surface area contributed by atoms with Gasteiger partial charge in [0.15, 0.2) is 0 Å². The molecular weight excluding hydrogens is 250 g/mol. The first-order valence-corrected chi connectivity index (χ1v) is 5.92. The summed E-state index contributed by atoms with van der Waals surface area (Å²) >= 11 is 0. The minimum atomic E-state index is -0.575. The Hall–Kier alpha value is -2.15. The number of rotatable bonds is 7. The Kier molecular flexibility index (Phi) is 5.74. The fourth-order valence-corrected chi connectivity index (χ4v) is 1.60. The number of nitrogens with zero attached hydrogens (tertiary/aromatic N) is 1. The first-order valence-electron chi connectivity index (χ1n) is 5.92. The Labute approximate surface area is 111 Å². The van der Waals surface area contributed by atoms with Gasteiger partial charge in [-0.1, -0.05) is 13.0 Å². The van der Waals surface area contributed by atoms with E-state index in [1.807, 2.05) is 6.92 Å². The number of likely N-dealkylation sites (N-methyl/N-ethyl adjacent to an activating group) is 1. The molecule has 0 atom stereocenters. The Morgan fingerprint density at radius 2 is 2.16 bits per heavy atom. The summed E-state index contributed by atoms with van der Waals surface area (Å²) in [6.07, 6.45) is 0. The van der Waals surface area contributed by atoms with E-state index in [1.165, 1.54) is 25.3 Å². The second kappa shape index (κ2) is 7.32. The Morgan fingerprint density at radius 1 is 1.42 bits per heavy atom. The van der Waals surface area contributed by atoms with E-state index in [9.17, 15) is 14.9 Å². The van der Waals surface area contributed by atoms with E-state index in [0.717, 1.165) is 6.54 Å². The number of hydrogen-bond donors (Lipinski definition) is 2. The number of nitrogens with one attached hydrogen (secondary N) is 2. The number of nitro benzene ring substituents is 1. The molecule has 0 aromatic heterocycles. The van der Waals surface area contributed by atoms with Gasteiger partial charge in [-0.15, -0.1) is 0 Å². The zero-order valence-corrected chi connectivity index (χ0v) is 10.9. The lowest BCUT2D eigenvalue weighted by atomic mass is 10.1. The molecule has 7 nitrogen and oxygen atoms in total. The maximum absolute atomic E-state index is 11.9. The number of nitro groups is 1. The number of methoxy groups -OCH3 is 1. The minimum Gasteiger partial charge on any atom is -0.490 e. The van der Waals surface area contributed by atoms with E-state index in [-0.39, 0.29) is 17.0 Å². The number of amides is 1. The van der Waals surface area contributed by atoms with Gasteiger partial charge in [0.05, 0.1) is 17.6 Å². The van der Waals surface area contributed by atoms with Crippen LogP contribution in [0.5, 0.6) is 5.75 Å². The highest BCUT2D eigenvalue weighted by atomic mass is 16.6. The second-order valence-corrected chi connectivity index (χ2v) is 3.72. The van der Waals surface area contributed by atoms with Crippen LogP contribution in [-0.4, -0.2) is 37.6 Å². The van der Waals surface area contributed by atoms with Gasteiger partial charge in [-0.3, -0.25) is 14.9 Å². The van der Waals surface area contributed by atoms with Gasteiger partial charge in [0, 0.05) is 19.2 Å². The molecule has 0 aliphatic carbocycles. The number of benzene rings is 1. The van der Waals surface area contributed by atoms with Crippen molar-refractivity contribution < 1.29 is 14.5 Å². The Morgan fingerprint density at radius 3 is 2.74 bits per heavy atom. The standard InChI is InChI=1S/C12H17N3O4/c1-3-13-7-8-14-12(16)9-5-4-6-10(15(17)18)11(9)19-2/h4-6,13H,3,7-8H2,1-2H3,(H,14,16). The summed E-state index contributed by atoms with van der Waals surface area (Å²) in [6, 6.07) is 4.25. The SMILES string of the molecule is CCNCCNC(=O)c1cccc([N+](=O)[O-])c1OC. The summed E-state index contributed by atoms with van der Waals surface area (Å²) in [6.45, 7) is 3.86. The predicted octanol–water partition coefficient (Wildman–Crippen LogP) is 0.943. The molecule has 2 N–H and O–H groups in total. The maximum atomic E-state index is 11.9. The van der Waals surface area contributed by atoms with E-state index in [1.54, 1.807) is 0 Å². The number of ether oxygens (including phenoxy) is 1. The molecule has 0 unspecified atom stereocenters. The molecule has 1 rings (SSSR count). The van der Waals surface area contributed by atoms with Gasteiger partial charge in [0.1, 0.15) is 0 Å². The lowest BCUT2D eigenvalue weighted by Gasteiger charge is -2.09. The monoisotopic (exact) mass is 267 g/mol. The number of carbonyl (C=O) groups is 1. The van der Waals surface area contributed by atoms with Gasteiger partial charge in [-0.25, -0.2) is 0 Å². The van der Waals surface area contributed by atoms with Crippen LogP contribution in [0.3, 0.4) is 0 Å². The smallest absolute Gasteiger partial charge is 0.311 e. The Bertz CT molecular complexity index is 462. The van der Waals surface area contributed by atoms with Crippen LogP contribution in [0, 0.1) is 10.1 Å². The van der Waals surface area contributed by atoms with Gasteiger partial charge in [-0.05, 0) is 12.6 Å². The first-order chi connectivity index (χ1) is 9.11. The molecule has 0 saturated carbocycles. The van der Waals surface area contributed by atoms with Crippen LogP contribution in [0.15, 0.2) is 18.2 Å². The third-order valence-electron chi connectivity index (χ3n) is 2.48. The van der Waals surface area contributed by atoms with E-state index < -0.39 is 10.8 Å². The minimum absolute atomic E-state index is 0.0200. The molecule has 1 amide bonds. The van der Waals surface area contributed by atoms with Crippen molar-refractivity contribution in [3.63, 3.8) is 0 Å². The summed E-state index contributed by atoms with van der Waals surface area (Å²) in [5.74, 6) is -0.410. The van der Waals surface area contributed by atoms with Crippen molar-refractivity contribution in [2.24, 2.45) is 0 Å². The zero-order chi connectivity index (χ0) is 14.3. The average molecular weight is 267 g/mol. The van der Waals surface area contributed by atoms with Gasteiger partial charge in [0.25, 0.3) is 5.91 Å². The van der Waals surface area contributed by atoms with Crippen LogP contribution in [0.25, 0.3) is 0 Å². The molecule has 0 spiro atoms. The fourth-order valence-electron chi connectivity index (χ4n) is 1.60. The van der Waals surface area contributed by atoms with E-state index in [2.05, 4.69) is 10.6 Å². The maximum Gasteiger partial charge on any atom is 0.311 e. The van der Waals surface area contributed by atoms with Crippen molar-refractivity contribution in [1.82, 2.24) is 10.6 Å². The normalized spacial score (nSPS) is 10.0. The summed E-state index contributed by atoms with van der Waals surface area (Å²) in [5, 5.41) is 16.6. The summed E-state index contributed by atoms with van der Waals surface area (Å²) in [7, 11) is 1.30. The molecule has 0 aliphatic rings. The number of carbonyl (C=O) groups excluding carboxylic acids is 1. The molecule has 0 radical (unpaired) electrons. The molecule has 0 fully saturated rings. The van der Waals surface area contributed by atoms with Gasteiger partial charge in [0.2, 0.25) is 5.75 Å². The Balaban J connectivity index is 2.84. The van der Waals surface area contributed by atoms with Crippen LogP contribution < -0.4 is 15.4 Å². The van der Waals surface area contributed by atoms with Gasteiger partial charge < -0.3 is 15.4 Å². The molecule has 104 valence electrons. The lowest BCUT2D eigenvalue weighted by Crippen LogP contribution is -2.32. The molecule has 1 aromatic carbocycles. The molecular formula is C12H17N3O4. The highest BCUT2D eigenvalue weighted by Gasteiger charge is 2.21. The van der Waals surface area contributed by atoms with Crippen molar-refractivity contribution in [2.75, 3.05) is 26.7 Å². The molecule has 0 aliphatic heterocycles. The van der Waals surface area contributed by atoms with E-state index in [4.69, 9.17) is 4.74 Å². The highest BCUT2D eigenvalue weighted by molar-refractivity contribution is 5.98. The summed E-state index contributed by atoms with van der Waals surface area (Å²) < 4.78 is 4.97. The molecule has 1 aromatic rings. The third-order valence-corrected chi connectivity index (χ3v) is 2.48. The van der Waals surface area contributed by atoms with Gasteiger partial charge in [-0.2, -0.15) is 0 Å². The van der Waals surface area contributed by atoms with Crippen molar-refractivity contribution in [3.05, 3.63) is 33.9 Å². The topological polar surface area (TPSA) is 93.5 Å². The van der Waals surface area contributed by atoms with Gasteiger partial charge >= 0.3 is 5.69 Å². The lowest BCUT2D eigenvalue weighted by molar-refractivity contribution is -0.385. The van der Waals surface area contributed by atoms with E-state index in [0.29, 0.717) is 13.1 Å². The van der Waals surface area contributed by atoms with Crippen LogP contribution in [-0.2, 0) is 0 Å². The number of para-hydroxylation sites is 1. The highest BCUT2D eigenvalue weighted by Crippen LogP contribution is 2.30. The summed E-state index contributed by atoms with van der Waals surface area (Å²) in [5.41, 5.74) is -0.0602. The zero-order valence-electron chi connectivity index (χ0n) is 10.9. The molecule has 7 heteroatoms. The van der Waals surface area contributed by atoms with Crippen molar-refractivity contribution in [3.8, 4) is 5.75 Å². The van der Waals surface area contributed by atoms with E-state index >= 15 is 0 Å². The third kappa shape index (κ3) is 3.92.